The molecule has 0 aliphatic heterocycles. The number of hydrogen-bond donors (Lipinski definition) is 1. The van der Waals surface area contributed by atoms with Gasteiger partial charge < -0.3 is 10.1 Å². The van der Waals surface area contributed by atoms with Crippen LogP contribution in [0.25, 0.3) is 0 Å². The van der Waals surface area contributed by atoms with Gasteiger partial charge >= 0.3 is 0 Å². The number of hydrogen-bond acceptors (Lipinski definition) is 2. The van der Waals surface area contributed by atoms with Gasteiger partial charge in [0.15, 0.2) is 0 Å². The number of halogens is 1. The van der Waals surface area contributed by atoms with Crippen LogP contribution >= 0.6 is 11.6 Å². The van der Waals surface area contributed by atoms with Crippen LogP contribution in [0.4, 0.5) is 0 Å². The highest BCUT2D eigenvalue weighted by Gasteiger charge is 2.14. The fourth-order valence-corrected chi connectivity index (χ4v) is 2.02. The minimum atomic E-state index is 0.314. The van der Waals surface area contributed by atoms with Crippen LogP contribution in [0, 0.1) is 0 Å². The Morgan fingerprint density at radius 3 is 2.75 bits per heavy atom. The number of nitrogens with one attached hydrogen (secondary N) is 1. The molecular formula is C13H20ClNO. The molecule has 1 aromatic carbocycles. The van der Waals surface area contributed by atoms with Gasteiger partial charge in [0.25, 0.3) is 0 Å². The van der Waals surface area contributed by atoms with E-state index < -0.39 is 0 Å². The van der Waals surface area contributed by atoms with Crippen LogP contribution in [0.2, 0.25) is 5.02 Å². The van der Waals surface area contributed by atoms with Gasteiger partial charge in [-0.2, -0.15) is 0 Å². The summed E-state index contributed by atoms with van der Waals surface area (Å²) in [6, 6.07) is 6.08. The molecule has 1 unspecified atom stereocenters. The Balaban J connectivity index is 2.92. The SMILES string of the molecule is CCCCC(NC)c1cc(Cl)ccc1OC. The van der Waals surface area contributed by atoms with Crippen LogP contribution in [0.5, 0.6) is 5.75 Å². The van der Waals surface area contributed by atoms with Crippen molar-refractivity contribution in [1.29, 1.82) is 0 Å². The molecule has 2 nitrogen and oxygen atoms in total. The van der Waals surface area contributed by atoms with E-state index in [2.05, 4.69) is 12.2 Å². The fourth-order valence-electron chi connectivity index (χ4n) is 1.84. The summed E-state index contributed by atoms with van der Waals surface area (Å²) in [6.07, 6.45) is 3.49. The molecule has 0 spiro atoms. The van der Waals surface area contributed by atoms with Crippen LogP contribution in [-0.2, 0) is 0 Å². The first-order chi connectivity index (χ1) is 7.72. The molecule has 0 bridgehead atoms. The van der Waals surface area contributed by atoms with Crippen LogP contribution in [0.3, 0.4) is 0 Å². The van der Waals surface area contributed by atoms with Crippen molar-refractivity contribution in [3.05, 3.63) is 28.8 Å². The maximum Gasteiger partial charge on any atom is 0.123 e. The molecule has 0 amide bonds. The Bertz CT molecular complexity index is 328. The first-order valence-electron chi connectivity index (χ1n) is 5.73. The van der Waals surface area contributed by atoms with E-state index in [1.54, 1.807) is 7.11 Å². The predicted molar refractivity (Wildman–Crippen MR) is 69.3 cm³/mol. The summed E-state index contributed by atoms with van der Waals surface area (Å²) in [6.45, 7) is 2.20. The Labute approximate surface area is 103 Å². The van der Waals surface area contributed by atoms with Crippen molar-refractivity contribution in [2.24, 2.45) is 0 Å². The summed E-state index contributed by atoms with van der Waals surface area (Å²) < 4.78 is 5.36. The first-order valence-corrected chi connectivity index (χ1v) is 6.11. The van der Waals surface area contributed by atoms with Gasteiger partial charge in [-0.25, -0.2) is 0 Å². The quantitative estimate of drug-likeness (QED) is 0.818. The molecule has 16 heavy (non-hydrogen) atoms. The molecule has 1 N–H and O–H groups in total. The Hall–Kier alpha value is -0.730. The third kappa shape index (κ3) is 3.39. The minimum absolute atomic E-state index is 0.314. The molecule has 1 aromatic rings. The zero-order valence-electron chi connectivity index (χ0n) is 10.2. The number of unbranched alkanes of at least 4 members (excludes halogenated alkanes) is 1. The average Bonchev–Trinajstić information content (AvgIpc) is 2.30. The van der Waals surface area contributed by atoms with Gasteiger partial charge in [-0.05, 0) is 31.7 Å². The summed E-state index contributed by atoms with van der Waals surface area (Å²) in [5.41, 5.74) is 1.14. The van der Waals surface area contributed by atoms with Gasteiger partial charge in [0.2, 0.25) is 0 Å². The maximum atomic E-state index is 6.03. The molecule has 0 aliphatic rings. The smallest absolute Gasteiger partial charge is 0.123 e. The van der Waals surface area contributed by atoms with Crippen molar-refractivity contribution in [3.63, 3.8) is 0 Å². The second kappa shape index (κ2) is 6.77. The van der Waals surface area contributed by atoms with Crippen molar-refractivity contribution < 1.29 is 4.74 Å². The number of benzene rings is 1. The van der Waals surface area contributed by atoms with E-state index in [9.17, 15) is 0 Å². The molecule has 1 atom stereocenters. The van der Waals surface area contributed by atoms with Crippen LogP contribution in [0.1, 0.15) is 37.8 Å². The highest BCUT2D eigenvalue weighted by Crippen LogP contribution is 2.30. The van der Waals surface area contributed by atoms with Crippen LogP contribution < -0.4 is 10.1 Å². The molecule has 90 valence electrons. The third-order valence-corrected chi connectivity index (χ3v) is 3.00. The molecule has 0 saturated carbocycles. The molecule has 3 heteroatoms. The summed E-state index contributed by atoms with van der Waals surface area (Å²) in [5, 5.41) is 4.07. The maximum absolute atomic E-state index is 6.03. The van der Waals surface area contributed by atoms with E-state index in [0.29, 0.717) is 6.04 Å². The Morgan fingerprint density at radius 1 is 1.44 bits per heavy atom. The monoisotopic (exact) mass is 241 g/mol. The third-order valence-electron chi connectivity index (χ3n) is 2.76. The summed E-state index contributed by atoms with van der Waals surface area (Å²) >= 11 is 6.03. The van der Waals surface area contributed by atoms with E-state index >= 15 is 0 Å². The Morgan fingerprint density at radius 2 is 2.19 bits per heavy atom. The topological polar surface area (TPSA) is 21.3 Å². The lowest BCUT2D eigenvalue weighted by molar-refractivity contribution is 0.397. The zero-order chi connectivity index (χ0) is 12.0. The van der Waals surface area contributed by atoms with E-state index in [-0.39, 0.29) is 0 Å². The number of ether oxygens (including phenoxy) is 1. The van der Waals surface area contributed by atoms with Gasteiger partial charge in [0.05, 0.1) is 7.11 Å². The van der Waals surface area contributed by atoms with Crippen LogP contribution in [0.15, 0.2) is 18.2 Å². The largest absolute Gasteiger partial charge is 0.496 e. The second-order valence-electron chi connectivity index (χ2n) is 3.87. The number of rotatable bonds is 6. The molecule has 0 fully saturated rings. The minimum Gasteiger partial charge on any atom is -0.496 e. The molecule has 0 heterocycles. The molecule has 0 aromatic heterocycles. The highest BCUT2D eigenvalue weighted by molar-refractivity contribution is 6.30. The standard InChI is InChI=1S/C13H20ClNO/c1-4-5-6-12(15-2)11-9-10(14)7-8-13(11)16-3/h7-9,12,15H,4-6H2,1-3H3. The molecule has 0 saturated heterocycles. The van der Waals surface area contributed by atoms with Gasteiger partial charge in [0.1, 0.15) is 5.75 Å². The van der Waals surface area contributed by atoms with E-state index in [0.717, 1.165) is 22.8 Å². The lowest BCUT2D eigenvalue weighted by Gasteiger charge is -2.19. The van der Waals surface area contributed by atoms with Crippen molar-refractivity contribution >= 4 is 11.6 Å². The van der Waals surface area contributed by atoms with Gasteiger partial charge in [-0.1, -0.05) is 31.4 Å². The lowest BCUT2D eigenvalue weighted by Crippen LogP contribution is -2.17. The second-order valence-corrected chi connectivity index (χ2v) is 4.31. The predicted octanol–water partition coefficient (Wildman–Crippen LogP) is 3.80. The van der Waals surface area contributed by atoms with Gasteiger partial charge in [0, 0.05) is 16.6 Å². The van der Waals surface area contributed by atoms with Crippen molar-refractivity contribution in [2.45, 2.75) is 32.2 Å². The summed E-state index contributed by atoms with van der Waals surface area (Å²) in [4.78, 5) is 0. The molecule has 0 radical (unpaired) electrons. The van der Waals surface area contributed by atoms with Crippen molar-refractivity contribution in [2.75, 3.05) is 14.2 Å². The lowest BCUT2D eigenvalue weighted by atomic mass is 10.0. The average molecular weight is 242 g/mol. The number of methoxy groups -OCH3 is 1. The van der Waals surface area contributed by atoms with Gasteiger partial charge in [-0.15, -0.1) is 0 Å². The molecular weight excluding hydrogens is 222 g/mol. The molecule has 0 aliphatic carbocycles. The van der Waals surface area contributed by atoms with E-state index in [1.165, 1.54) is 12.8 Å². The normalized spacial score (nSPS) is 12.5. The first kappa shape index (κ1) is 13.3. The summed E-state index contributed by atoms with van der Waals surface area (Å²) in [7, 11) is 3.67. The van der Waals surface area contributed by atoms with Crippen LogP contribution in [-0.4, -0.2) is 14.2 Å². The summed E-state index contributed by atoms with van der Waals surface area (Å²) in [5.74, 6) is 0.903. The van der Waals surface area contributed by atoms with Crippen molar-refractivity contribution in [1.82, 2.24) is 5.32 Å². The molecule has 1 rings (SSSR count). The van der Waals surface area contributed by atoms with E-state index in [1.807, 2.05) is 25.2 Å². The zero-order valence-corrected chi connectivity index (χ0v) is 11.0. The van der Waals surface area contributed by atoms with Crippen molar-refractivity contribution in [3.8, 4) is 5.75 Å². The van der Waals surface area contributed by atoms with Gasteiger partial charge in [-0.3, -0.25) is 0 Å². The fraction of sp³-hybridized carbons (Fsp3) is 0.538. The van der Waals surface area contributed by atoms with E-state index in [4.69, 9.17) is 16.3 Å². The highest BCUT2D eigenvalue weighted by atomic mass is 35.5. The Kier molecular flexibility index (Phi) is 5.64.